The lowest BCUT2D eigenvalue weighted by Gasteiger charge is -2.41. The van der Waals surface area contributed by atoms with Crippen LogP contribution >= 0.6 is 0 Å². The molecule has 362 valence electrons. The topological polar surface area (TPSA) is 190 Å². The summed E-state index contributed by atoms with van der Waals surface area (Å²) in [6.45, 7) is 4.32. The van der Waals surface area contributed by atoms with Gasteiger partial charge in [-0.25, -0.2) is 29.6 Å². The van der Waals surface area contributed by atoms with Gasteiger partial charge in [-0.2, -0.15) is 9.97 Å². The maximum Gasteiger partial charge on any atom is 0.340 e. The number of anilines is 6. The Morgan fingerprint density at radius 2 is 1.10 bits per heavy atom. The van der Waals surface area contributed by atoms with Crippen molar-refractivity contribution >= 4 is 74.5 Å². The molecule has 0 bridgehead atoms. The Kier molecular flexibility index (Phi) is 15.2. The van der Waals surface area contributed by atoms with Crippen molar-refractivity contribution < 1.29 is 14.5 Å². The number of nitro groups is 1. The molecule has 0 unspecified atom stereocenters. The van der Waals surface area contributed by atoms with Crippen molar-refractivity contribution in [1.82, 2.24) is 30.0 Å². The first-order chi connectivity index (χ1) is 33.3. The molecule has 4 aromatic carbocycles. The molecule has 2 heterocycles. The van der Waals surface area contributed by atoms with Crippen LogP contribution in [0.25, 0.3) is 21.8 Å². The van der Waals surface area contributed by atoms with Crippen molar-refractivity contribution in [1.29, 1.82) is 0 Å². The van der Waals surface area contributed by atoms with E-state index in [1.165, 1.54) is 11.1 Å². The largest absolute Gasteiger partial charge is 0.362 e. The van der Waals surface area contributed by atoms with Crippen LogP contribution in [0.15, 0.2) is 91.0 Å². The molecule has 0 saturated heterocycles. The first-order valence-electron chi connectivity index (χ1n) is 24.2. The van der Waals surface area contributed by atoms with Crippen molar-refractivity contribution in [3.8, 4) is 0 Å². The first kappa shape index (κ1) is 48.2. The summed E-state index contributed by atoms with van der Waals surface area (Å²) < 4.78 is 0. The summed E-state index contributed by atoms with van der Waals surface area (Å²) in [5, 5.41) is 30.6. The van der Waals surface area contributed by atoms with E-state index in [-0.39, 0.29) is 48.4 Å². The highest BCUT2D eigenvalue weighted by molar-refractivity contribution is 5.96. The fourth-order valence-corrected chi connectivity index (χ4v) is 9.79. The molecule has 17 heteroatoms. The quantitative estimate of drug-likeness (QED) is 0.0564. The summed E-state index contributed by atoms with van der Waals surface area (Å²) in [6.07, 6.45) is 7.95. The average molecular weight is 936 g/mol. The molecule has 6 aromatic rings. The summed E-state index contributed by atoms with van der Waals surface area (Å²) in [4.78, 5) is 65.2. The predicted molar refractivity (Wildman–Crippen MR) is 276 cm³/mol. The number of hydrogen-bond donors (Lipinski definition) is 4. The number of para-hydroxylation sites is 4. The number of nitro benzene ring substituents is 1. The lowest BCUT2D eigenvalue weighted by atomic mass is 9.85. The molecule has 0 radical (unpaired) electrons. The number of nitrogens with one attached hydrogen (secondary N) is 4. The molecule has 4 amide bonds. The molecular formula is C52H65N13O4. The number of urea groups is 2. The third-order valence-electron chi connectivity index (χ3n) is 13.5. The van der Waals surface area contributed by atoms with Gasteiger partial charge in [0.05, 0.1) is 16.0 Å². The van der Waals surface area contributed by atoms with Crippen LogP contribution in [0.1, 0.15) is 75.8 Å². The zero-order chi connectivity index (χ0) is 48.6. The molecule has 2 aromatic heterocycles. The highest BCUT2D eigenvalue weighted by Gasteiger charge is 2.35. The van der Waals surface area contributed by atoms with Crippen molar-refractivity contribution in [3.05, 3.63) is 112 Å². The van der Waals surface area contributed by atoms with Gasteiger partial charge in [-0.1, -0.05) is 67.9 Å². The number of amides is 4. The molecule has 2 aliphatic rings. The van der Waals surface area contributed by atoms with Gasteiger partial charge in [-0.15, -0.1) is 0 Å². The molecular weight excluding hydrogens is 871 g/mol. The maximum absolute atomic E-state index is 15.0. The van der Waals surface area contributed by atoms with Gasteiger partial charge in [0.1, 0.15) is 17.3 Å². The molecule has 0 aliphatic heterocycles. The van der Waals surface area contributed by atoms with Gasteiger partial charge in [0.15, 0.2) is 0 Å². The predicted octanol–water partition coefficient (Wildman–Crippen LogP) is 10.5. The number of hydrazine groups is 1. The van der Waals surface area contributed by atoms with E-state index in [2.05, 4.69) is 28.2 Å². The highest BCUT2D eigenvalue weighted by Crippen LogP contribution is 2.34. The Morgan fingerprint density at radius 3 is 1.59 bits per heavy atom. The van der Waals surface area contributed by atoms with Crippen molar-refractivity contribution in [2.45, 2.75) is 90.1 Å². The van der Waals surface area contributed by atoms with Crippen LogP contribution in [0.4, 0.5) is 50.2 Å². The molecule has 8 rings (SSSR count). The number of benzene rings is 4. The minimum atomic E-state index is -0.606. The van der Waals surface area contributed by atoms with E-state index in [0.717, 1.165) is 103 Å². The average Bonchev–Trinajstić information content (AvgIpc) is 3.34. The number of fused-ring (bicyclic) bond motifs is 2. The molecule has 0 spiro atoms. The summed E-state index contributed by atoms with van der Waals surface area (Å²) in [5.74, 6) is 2.90. The van der Waals surface area contributed by atoms with Gasteiger partial charge in [0.25, 0.3) is 5.69 Å². The summed E-state index contributed by atoms with van der Waals surface area (Å²) in [6, 6.07) is 27.6. The van der Waals surface area contributed by atoms with Crippen LogP contribution in [0.2, 0.25) is 0 Å². The number of carbonyl (C=O) groups excluding carboxylic acids is 2. The summed E-state index contributed by atoms with van der Waals surface area (Å²) in [5.41, 5.74) is 3.84. The third-order valence-corrected chi connectivity index (χ3v) is 13.5. The van der Waals surface area contributed by atoms with Crippen LogP contribution < -0.4 is 31.1 Å². The second-order valence-electron chi connectivity index (χ2n) is 18.9. The van der Waals surface area contributed by atoms with E-state index in [4.69, 9.17) is 19.9 Å². The fourth-order valence-electron chi connectivity index (χ4n) is 9.79. The van der Waals surface area contributed by atoms with Gasteiger partial charge in [-0.05, 0) is 118 Å². The highest BCUT2D eigenvalue weighted by atomic mass is 16.6. The fraction of sp³-hybridized carbons (Fsp3) is 0.423. The Bertz CT molecular complexity index is 2770. The normalized spacial score (nSPS) is 18.0. The number of aryl methyl sites for hydroxylation is 2. The van der Waals surface area contributed by atoms with Crippen molar-refractivity contribution in [2.24, 2.45) is 11.8 Å². The van der Waals surface area contributed by atoms with Crippen LogP contribution in [-0.4, -0.2) is 100 Å². The number of nitrogens with zero attached hydrogens (tertiary/aromatic N) is 9. The second kappa shape index (κ2) is 21.8. The van der Waals surface area contributed by atoms with E-state index < -0.39 is 17.0 Å². The van der Waals surface area contributed by atoms with E-state index >= 15 is 0 Å². The molecule has 2 fully saturated rings. The van der Waals surface area contributed by atoms with E-state index in [1.807, 2.05) is 111 Å². The number of hydrogen-bond acceptors (Lipinski definition) is 12. The molecule has 0 atom stereocenters. The SMILES string of the molecule is CCCc1ccccc1NC(=O)N(CC1CCC(Nc2nc(N(C)C)c3ccccc3n2)CC1)N(CC1CCC(Nc2nc(N(C)C)c3ccccc3n2)CC1)C(=O)Nc1c(C)cccc1[N+](=O)[O-]. The Labute approximate surface area is 404 Å². The zero-order valence-corrected chi connectivity index (χ0v) is 40.6. The minimum absolute atomic E-state index is 0.0205. The van der Waals surface area contributed by atoms with Gasteiger partial charge >= 0.3 is 12.1 Å². The number of rotatable bonds is 15. The van der Waals surface area contributed by atoms with E-state index in [1.54, 1.807) is 24.1 Å². The molecule has 2 aliphatic carbocycles. The van der Waals surface area contributed by atoms with Gasteiger partial charge < -0.3 is 31.1 Å². The Hall–Kier alpha value is -7.30. The van der Waals surface area contributed by atoms with E-state index in [0.29, 0.717) is 23.1 Å². The molecule has 2 saturated carbocycles. The van der Waals surface area contributed by atoms with E-state index in [9.17, 15) is 19.7 Å². The maximum atomic E-state index is 15.0. The smallest absolute Gasteiger partial charge is 0.340 e. The summed E-state index contributed by atoms with van der Waals surface area (Å²) >= 11 is 0. The first-order valence-corrected chi connectivity index (χ1v) is 24.2. The zero-order valence-electron chi connectivity index (χ0n) is 40.6. The molecule has 17 nitrogen and oxygen atoms in total. The van der Waals surface area contributed by atoms with Gasteiger partial charge in [-0.3, -0.25) is 10.1 Å². The molecule has 69 heavy (non-hydrogen) atoms. The molecule has 4 N–H and O–H groups in total. The number of carbonyl (C=O) groups is 2. The standard InChI is InChI=1S/C52H65N13O4/c1-7-15-37-17-8-11-20-42(37)57-51(66)63(32-35-24-28-38(29-25-35)53-49-55-43-21-12-9-18-40(43)47(59-49)61(3)4)64(52(67)58-46-34(2)16-14-23-45(46)65(68)69)33-36-26-30-39(31-27-36)54-50-56-44-22-13-10-19-41(44)48(60-50)62(5)6/h8-14,16-23,35-36,38-39H,7,15,24-33H2,1-6H3,(H,57,66)(H,58,67)(H,53,55,59)(H,54,56,60). The Balaban J connectivity index is 1.05. The van der Waals surface area contributed by atoms with Crippen molar-refractivity contribution in [2.75, 3.05) is 72.3 Å². The second-order valence-corrected chi connectivity index (χ2v) is 18.9. The van der Waals surface area contributed by atoms with Crippen LogP contribution in [-0.2, 0) is 6.42 Å². The van der Waals surface area contributed by atoms with Gasteiger partial charge in [0.2, 0.25) is 11.9 Å². The van der Waals surface area contributed by atoms with Crippen LogP contribution in [0.3, 0.4) is 0 Å². The lowest BCUT2D eigenvalue weighted by Crippen LogP contribution is -2.56. The number of aromatic nitrogens is 4. The van der Waals surface area contributed by atoms with Crippen molar-refractivity contribution in [3.63, 3.8) is 0 Å². The monoisotopic (exact) mass is 936 g/mol. The van der Waals surface area contributed by atoms with Crippen LogP contribution in [0.5, 0.6) is 0 Å². The minimum Gasteiger partial charge on any atom is -0.362 e. The summed E-state index contributed by atoms with van der Waals surface area (Å²) in [7, 11) is 7.90. The van der Waals surface area contributed by atoms with Gasteiger partial charge in [0, 0.05) is 75.9 Å². The van der Waals surface area contributed by atoms with Crippen LogP contribution in [0, 0.1) is 28.9 Å². The lowest BCUT2D eigenvalue weighted by molar-refractivity contribution is -0.384. The Morgan fingerprint density at radius 1 is 0.623 bits per heavy atom. The third kappa shape index (κ3) is 11.5.